The molecule has 23 heavy (non-hydrogen) atoms. The maximum Gasteiger partial charge on any atom is 0.325 e. The number of nitrogens with zero attached hydrogens (tertiary/aromatic N) is 4. The van der Waals surface area contributed by atoms with Crippen LogP contribution in [0.5, 0.6) is 5.75 Å². The molecule has 2 aromatic heterocycles. The lowest BCUT2D eigenvalue weighted by Crippen LogP contribution is -2.08. The molecule has 3 aromatic rings. The molecule has 8 nitrogen and oxygen atoms in total. The fourth-order valence-electron chi connectivity index (χ4n) is 2.18. The van der Waals surface area contributed by atoms with Crippen molar-refractivity contribution >= 4 is 11.8 Å². The summed E-state index contributed by atoms with van der Waals surface area (Å²) in [5.41, 5.74) is 8.03. The fourth-order valence-corrected chi connectivity index (χ4v) is 2.18. The van der Waals surface area contributed by atoms with Crippen LogP contribution < -0.4 is 5.73 Å². The first-order valence-electron chi connectivity index (χ1n) is 6.71. The van der Waals surface area contributed by atoms with Crippen LogP contribution in [0.3, 0.4) is 0 Å². The third-order valence-corrected chi connectivity index (χ3v) is 3.24. The van der Waals surface area contributed by atoms with Crippen molar-refractivity contribution in [1.29, 1.82) is 0 Å². The molecule has 3 rings (SSSR count). The fraction of sp³-hybridized carbons (Fsp3) is 0.0667. The normalized spacial score (nSPS) is 10.6. The molecule has 0 spiro atoms. The first-order chi connectivity index (χ1) is 11.0. The van der Waals surface area contributed by atoms with Crippen LogP contribution in [0.2, 0.25) is 0 Å². The predicted molar refractivity (Wildman–Crippen MR) is 82.4 cm³/mol. The first-order valence-corrected chi connectivity index (χ1v) is 6.71. The lowest BCUT2D eigenvalue weighted by atomic mass is 10.1. The van der Waals surface area contributed by atoms with Crippen LogP contribution in [0.25, 0.3) is 22.4 Å². The molecule has 2 heterocycles. The second-order valence-electron chi connectivity index (χ2n) is 4.87. The average molecular weight is 311 g/mol. The van der Waals surface area contributed by atoms with Crippen molar-refractivity contribution in [3.8, 4) is 28.1 Å². The van der Waals surface area contributed by atoms with Crippen molar-refractivity contribution in [3.63, 3.8) is 0 Å². The maximum absolute atomic E-state index is 10.7. The molecular formula is C15H13N5O3. The summed E-state index contributed by atoms with van der Waals surface area (Å²) < 4.78 is 1.29. The number of aliphatic carboxylic acids is 1. The number of benzene rings is 1. The van der Waals surface area contributed by atoms with Gasteiger partial charge in [0.15, 0.2) is 5.82 Å². The van der Waals surface area contributed by atoms with Gasteiger partial charge in [-0.05, 0) is 18.2 Å². The van der Waals surface area contributed by atoms with E-state index >= 15 is 0 Å². The van der Waals surface area contributed by atoms with E-state index in [0.717, 1.165) is 0 Å². The highest BCUT2D eigenvalue weighted by Crippen LogP contribution is 2.31. The number of phenolic OH excluding ortho intramolecular Hbond substituents is 1. The van der Waals surface area contributed by atoms with E-state index in [1.807, 2.05) is 0 Å². The summed E-state index contributed by atoms with van der Waals surface area (Å²) in [4.78, 5) is 10.7. The zero-order valence-electron chi connectivity index (χ0n) is 11.9. The van der Waals surface area contributed by atoms with Gasteiger partial charge in [0.1, 0.15) is 12.3 Å². The molecule has 1 aromatic carbocycles. The molecule has 0 aliphatic carbocycles. The maximum atomic E-state index is 10.7. The van der Waals surface area contributed by atoms with E-state index in [0.29, 0.717) is 22.4 Å². The van der Waals surface area contributed by atoms with Crippen LogP contribution >= 0.6 is 0 Å². The number of nitrogens with two attached hydrogens (primary N) is 1. The predicted octanol–water partition coefficient (Wildman–Crippen LogP) is 1.38. The van der Waals surface area contributed by atoms with Crippen molar-refractivity contribution in [2.24, 2.45) is 0 Å². The Morgan fingerprint density at radius 1 is 1.22 bits per heavy atom. The van der Waals surface area contributed by atoms with Gasteiger partial charge in [0.25, 0.3) is 0 Å². The quantitative estimate of drug-likeness (QED) is 0.664. The molecule has 0 unspecified atom stereocenters. The molecule has 116 valence electrons. The molecule has 0 bridgehead atoms. The lowest BCUT2D eigenvalue weighted by Gasteiger charge is -2.06. The van der Waals surface area contributed by atoms with Crippen molar-refractivity contribution in [3.05, 3.63) is 42.7 Å². The third kappa shape index (κ3) is 2.95. The largest absolute Gasteiger partial charge is 0.507 e. The van der Waals surface area contributed by atoms with E-state index in [4.69, 9.17) is 10.8 Å². The Hall–Kier alpha value is -3.42. The summed E-state index contributed by atoms with van der Waals surface area (Å²) in [5, 5.41) is 30.6. The minimum absolute atomic E-state index is 0.0825. The topological polar surface area (TPSA) is 127 Å². The number of carboxylic acids is 1. The molecule has 0 aliphatic heterocycles. The minimum Gasteiger partial charge on any atom is -0.507 e. The number of anilines is 1. The van der Waals surface area contributed by atoms with Gasteiger partial charge < -0.3 is 15.9 Å². The number of phenols is 1. The van der Waals surface area contributed by atoms with E-state index in [9.17, 15) is 9.90 Å². The van der Waals surface area contributed by atoms with E-state index in [1.54, 1.807) is 36.5 Å². The van der Waals surface area contributed by atoms with Crippen LogP contribution in [-0.2, 0) is 11.3 Å². The van der Waals surface area contributed by atoms with Crippen LogP contribution in [0.4, 0.5) is 5.82 Å². The zero-order valence-corrected chi connectivity index (χ0v) is 11.9. The van der Waals surface area contributed by atoms with Crippen molar-refractivity contribution < 1.29 is 15.0 Å². The summed E-state index contributed by atoms with van der Waals surface area (Å²) in [6.45, 7) is -0.245. The Morgan fingerprint density at radius 2 is 2.00 bits per heavy atom. The van der Waals surface area contributed by atoms with Gasteiger partial charge in [-0.2, -0.15) is 5.10 Å². The number of hydrogen-bond acceptors (Lipinski definition) is 6. The Morgan fingerprint density at radius 3 is 2.74 bits per heavy atom. The average Bonchev–Trinajstić information content (AvgIpc) is 2.96. The summed E-state index contributed by atoms with van der Waals surface area (Å²) in [5.74, 6) is -0.714. The monoisotopic (exact) mass is 311 g/mol. The Kier molecular flexibility index (Phi) is 3.63. The molecule has 0 atom stereocenters. The lowest BCUT2D eigenvalue weighted by molar-refractivity contribution is -0.137. The highest BCUT2D eigenvalue weighted by atomic mass is 16.4. The van der Waals surface area contributed by atoms with Gasteiger partial charge in [-0.1, -0.05) is 12.1 Å². The zero-order chi connectivity index (χ0) is 16.4. The van der Waals surface area contributed by atoms with Gasteiger partial charge in [-0.3, -0.25) is 9.48 Å². The second kappa shape index (κ2) is 5.76. The highest BCUT2D eigenvalue weighted by molar-refractivity contribution is 5.78. The van der Waals surface area contributed by atoms with Gasteiger partial charge >= 0.3 is 5.97 Å². The standard InChI is InChI=1S/C15H13N5O3/c16-15-11(9-6-17-20(7-9)8-14(22)23)5-12(18-19-15)10-3-1-2-4-13(10)21/h1-7,21H,8H2,(H2,16,19)(H,22,23). The van der Waals surface area contributed by atoms with Crippen LogP contribution in [-0.4, -0.2) is 36.2 Å². The molecule has 0 saturated carbocycles. The number of carbonyl (C=O) groups is 1. The molecule has 0 aliphatic rings. The highest BCUT2D eigenvalue weighted by Gasteiger charge is 2.13. The molecule has 0 radical (unpaired) electrons. The van der Waals surface area contributed by atoms with E-state index in [2.05, 4.69) is 15.3 Å². The van der Waals surface area contributed by atoms with Crippen molar-refractivity contribution in [2.75, 3.05) is 5.73 Å². The summed E-state index contributed by atoms with van der Waals surface area (Å²) >= 11 is 0. The summed E-state index contributed by atoms with van der Waals surface area (Å²) in [6.07, 6.45) is 3.07. The van der Waals surface area contributed by atoms with Gasteiger partial charge in [0.05, 0.1) is 11.9 Å². The minimum atomic E-state index is -0.990. The smallest absolute Gasteiger partial charge is 0.325 e. The van der Waals surface area contributed by atoms with E-state index in [-0.39, 0.29) is 18.1 Å². The van der Waals surface area contributed by atoms with E-state index in [1.165, 1.54) is 10.9 Å². The van der Waals surface area contributed by atoms with E-state index < -0.39 is 5.97 Å². The van der Waals surface area contributed by atoms with Gasteiger partial charge in [-0.25, -0.2) is 0 Å². The first kappa shape index (κ1) is 14.5. The molecule has 0 saturated heterocycles. The summed E-state index contributed by atoms with van der Waals surface area (Å²) in [7, 11) is 0. The Labute approximate surface area is 130 Å². The molecule has 4 N–H and O–H groups in total. The van der Waals surface area contributed by atoms with Crippen molar-refractivity contribution in [2.45, 2.75) is 6.54 Å². The summed E-state index contributed by atoms with van der Waals surface area (Å²) in [6, 6.07) is 8.43. The Bertz CT molecular complexity index is 875. The Balaban J connectivity index is 2.03. The SMILES string of the molecule is Nc1nnc(-c2ccccc2O)cc1-c1cnn(CC(=O)O)c1. The molecule has 0 fully saturated rings. The van der Waals surface area contributed by atoms with Gasteiger partial charge in [0, 0.05) is 22.9 Å². The van der Waals surface area contributed by atoms with Crippen LogP contribution in [0, 0.1) is 0 Å². The third-order valence-electron chi connectivity index (χ3n) is 3.24. The number of hydrogen-bond donors (Lipinski definition) is 3. The van der Waals surface area contributed by atoms with Crippen molar-refractivity contribution in [1.82, 2.24) is 20.0 Å². The van der Waals surface area contributed by atoms with Gasteiger partial charge in [-0.15, -0.1) is 10.2 Å². The number of rotatable bonds is 4. The van der Waals surface area contributed by atoms with Crippen LogP contribution in [0.1, 0.15) is 0 Å². The molecular weight excluding hydrogens is 298 g/mol. The number of carboxylic acid groups (broad SMARTS) is 1. The molecule has 8 heteroatoms. The number of para-hydroxylation sites is 1. The van der Waals surface area contributed by atoms with Gasteiger partial charge in [0.2, 0.25) is 0 Å². The molecule has 0 amide bonds. The number of nitrogen functional groups attached to an aromatic ring is 1. The number of aromatic hydroxyl groups is 1. The second-order valence-corrected chi connectivity index (χ2v) is 4.87. The number of aromatic nitrogens is 4. The van der Waals surface area contributed by atoms with Crippen LogP contribution in [0.15, 0.2) is 42.7 Å².